The summed E-state index contributed by atoms with van der Waals surface area (Å²) in [5.41, 5.74) is 3.21. The lowest BCUT2D eigenvalue weighted by Crippen LogP contribution is -2.39. The zero-order valence-electron chi connectivity index (χ0n) is 25.6. The van der Waals surface area contributed by atoms with Gasteiger partial charge in [0.05, 0.1) is 25.9 Å². The van der Waals surface area contributed by atoms with Crippen molar-refractivity contribution in [3.8, 4) is 28.8 Å². The van der Waals surface area contributed by atoms with Crippen molar-refractivity contribution in [1.82, 2.24) is 19.3 Å². The monoisotopic (exact) mass is 620 g/mol. The van der Waals surface area contributed by atoms with E-state index in [4.69, 9.17) is 19.2 Å². The molecule has 0 aliphatic carbocycles. The fraction of sp³-hybridized carbons (Fsp3) is 0.257. The summed E-state index contributed by atoms with van der Waals surface area (Å²) in [4.78, 5) is 24.4. The van der Waals surface area contributed by atoms with E-state index in [9.17, 15) is 10.1 Å². The first-order chi connectivity index (χ1) is 22.5. The molecule has 1 saturated heterocycles. The molecule has 1 aliphatic heterocycles. The maximum absolute atomic E-state index is 15.5. The molecular formula is C35H33FN6O4. The van der Waals surface area contributed by atoms with Gasteiger partial charge in [-0.05, 0) is 48.7 Å². The number of hydrogen-bond acceptors (Lipinski definition) is 8. The van der Waals surface area contributed by atoms with Crippen LogP contribution in [0.3, 0.4) is 0 Å². The van der Waals surface area contributed by atoms with Crippen LogP contribution in [0.5, 0.6) is 11.5 Å². The smallest absolute Gasteiger partial charge is 0.410 e. The maximum atomic E-state index is 15.5. The van der Waals surface area contributed by atoms with Crippen molar-refractivity contribution in [2.45, 2.75) is 31.9 Å². The molecule has 1 fully saturated rings. The van der Waals surface area contributed by atoms with Crippen LogP contribution in [0.2, 0.25) is 0 Å². The number of carbonyl (C=O) groups excluding carboxylic acids is 1. The van der Waals surface area contributed by atoms with Crippen LogP contribution in [0.4, 0.5) is 15.0 Å². The largest absolute Gasteiger partial charge is 0.497 e. The second kappa shape index (κ2) is 13.6. The highest BCUT2D eigenvalue weighted by Gasteiger charge is 2.31. The van der Waals surface area contributed by atoms with Crippen molar-refractivity contribution in [2.75, 3.05) is 32.6 Å². The lowest BCUT2D eigenvalue weighted by Gasteiger charge is -2.31. The second-order valence-electron chi connectivity index (χ2n) is 11.0. The zero-order chi connectivity index (χ0) is 32.0. The van der Waals surface area contributed by atoms with E-state index in [1.165, 1.54) is 6.07 Å². The van der Waals surface area contributed by atoms with Gasteiger partial charge in [-0.2, -0.15) is 5.26 Å². The first-order valence-corrected chi connectivity index (χ1v) is 15.0. The third-order valence-corrected chi connectivity index (χ3v) is 8.13. The number of rotatable bonds is 9. The van der Waals surface area contributed by atoms with Gasteiger partial charge in [-0.3, -0.25) is 4.40 Å². The van der Waals surface area contributed by atoms with Gasteiger partial charge in [-0.1, -0.05) is 30.3 Å². The third kappa shape index (κ3) is 6.28. The number of anilines is 1. The van der Waals surface area contributed by atoms with Crippen LogP contribution >= 0.6 is 0 Å². The lowest BCUT2D eigenvalue weighted by atomic mass is 9.97. The Morgan fingerprint density at radius 1 is 1.11 bits per heavy atom. The molecule has 2 aromatic heterocycles. The number of ether oxygens (including phenoxy) is 3. The zero-order valence-corrected chi connectivity index (χ0v) is 25.6. The summed E-state index contributed by atoms with van der Waals surface area (Å²) in [6.07, 6.45) is 4.62. The molecule has 5 aromatic rings. The summed E-state index contributed by atoms with van der Waals surface area (Å²) >= 11 is 0. The van der Waals surface area contributed by atoms with Crippen molar-refractivity contribution < 1.29 is 23.4 Å². The average Bonchev–Trinajstić information content (AvgIpc) is 3.50. The average molecular weight is 621 g/mol. The number of amides is 1. The number of fused-ring (bicyclic) bond motifs is 1. The summed E-state index contributed by atoms with van der Waals surface area (Å²) in [6, 6.07) is 21.4. The highest BCUT2D eigenvalue weighted by molar-refractivity contribution is 5.87. The first-order valence-electron chi connectivity index (χ1n) is 15.0. The molecule has 6 rings (SSSR count). The molecule has 10 nitrogen and oxygen atoms in total. The van der Waals surface area contributed by atoms with Gasteiger partial charge >= 0.3 is 6.09 Å². The van der Waals surface area contributed by atoms with E-state index in [0.717, 1.165) is 24.0 Å². The highest BCUT2D eigenvalue weighted by Crippen LogP contribution is 2.36. The van der Waals surface area contributed by atoms with Crippen molar-refractivity contribution in [2.24, 2.45) is 0 Å². The Morgan fingerprint density at radius 2 is 1.96 bits per heavy atom. The number of imidazole rings is 1. The van der Waals surface area contributed by atoms with Crippen LogP contribution in [0.1, 0.15) is 41.3 Å². The van der Waals surface area contributed by atoms with Gasteiger partial charge in [0.2, 0.25) is 0 Å². The van der Waals surface area contributed by atoms with E-state index < -0.39 is 5.82 Å². The fourth-order valence-corrected chi connectivity index (χ4v) is 5.79. The molecule has 46 heavy (non-hydrogen) atoms. The van der Waals surface area contributed by atoms with Crippen LogP contribution in [0.15, 0.2) is 79.1 Å². The van der Waals surface area contributed by atoms with Crippen molar-refractivity contribution in [3.05, 3.63) is 107 Å². The molecule has 3 heterocycles. The Morgan fingerprint density at radius 3 is 2.72 bits per heavy atom. The fourth-order valence-electron chi connectivity index (χ4n) is 5.79. The van der Waals surface area contributed by atoms with Crippen LogP contribution in [-0.2, 0) is 17.9 Å². The van der Waals surface area contributed by atoms with Crippen molar-refractivity contribution in [3.63, 3.8) is 0 Å². The molecular weight excluding hydrogens is 587 g/mol. The predicted octanol–water partition coefficient (Wildman–Crippen LogP) is 6.55. The normalized spacial score (nSPS) is 14.5. The van der Waals surface area contributed by atoms with E-state index in [0.29, 0.717) is 54.0 Å². The Hall–Kier alpha value is -5.63. The van der Waals surface area contributed by atoms with Gasteiger partial charge in [-0.15, -0.1) is 0 Å². The molecule has 1 atom stereocenters. The van der Waals surface area contributed by atoms with Crippen LogP contribution in [-0.4, -0.2) is 52.7 Å². The van der Waals surface area contributed by atoms with E-state index in [1.807, 2.05) is 52.9 Å². The number of methoxy groups -OCH3 is 2. The number of nitrogens with one attached hydrogen (secondary N) is 1. The van der Waals surface area contributed by atoms with Crippen LogP contribution < -0.4 is 14.8 Å². The number of likely N-dealkylation sites (tertiary alicyclic amines) is 1. The van der Waals surface area contributed by atoms with E-state index >= 15 is 4.39 Å². The van der Waals surface area contributed by atoms with Crippen molar-refractivity contribution >= 4 is 17.4 Å². The molecule has 0 unspecified atom stereocenters. The summed E-state index contributed by atoms with van der Waals surface area (Å²) in [6.45, 7) is 1.52. The van der Waals surface area contributed by atoms with E-state index in [2.05, 4.69) is 10.3 Å². The number of halogens is 1. The molecule has 1 amide bonds. The molecule has 0 radical (unpaired) electrons. The van der Waals surface area contributed by atoms with Crippen LogP contribution in [0.25, 0.3) is 16.8 Å². The van der Waals surface area contributed by atoms with Crippen molar-refractivity contribution in [1.29, 1.82) is 5.26 Å². The van der Waals surface area contributed by atoms with Gasteiger partial charge in [0.15, 0.2) is 5.82 Å². The maximum Gasteiger partial charge on any atom is 0.410 e. The Kier molecular flexibility index (Phi) is 8.96. The topological polar surface area (TPSA) is 114 Å². The molecule has 1 N–H and O–H groups in total. The first kappa shape index (κ1) is 30.4. The predicted molar refractivity (Wildman–Crippen MR) is 170 cm³/mol. The summed E-state index contributed by atoms with van der Waals surface area (Å²) < 4.78 is 33.9. The van der Waals surface area contributed by atoms with Gasteiger partial charge in [0, 0.05) is 55.1 Å². The Balaban J connectivity index is 1.34. The second-order valence-corrected chi connectivity index (χ2v) is 11.0. The molecule has 3 aromatic carbocycles. The highest BCUT2D eigenvalue weighted by atomic mass is 19.1. The number of benzene rings is 3. The Labute approximate surface area is 266 Å². The van der Waals surface area contributed by atoms with Gasteiger partial charge in [0.25, 0.3) is 0 Å². The minimum atomic E-state index is -0.563. The Bertz CT molecular complexity index is 1910. The molecule has 234 valence electrons. The number of piperidine rings is 1. The van der Waals surface area contributed by atoms with Gasteiger partial charge < -0.3 is 24.4 Å². The molecule has 11 heteroatoms. The van der Waals surface area contributed by atoms with Gasteiger partial charge in [-0.25, -0.2) is 19.2 Å². The quantitative estimate of drug-likeness (QED) is 0.197. The molecule has 0 saturated carbocycles. The number of hydrogen-bond donors (Lipinski definition) is 1. The van der Waals surface area contributed by atoms with E-state index in [-0.39, 0.29) is 29.7 Å². The summed E-state index contributed by atoms with van der Waals surface area (Å²) in [5, 5.41) is 12.7. The van der Waals surface area contributed by atoms with Gasteiger partial charge in [0.1, 0.15) is 41.0 Å². The molecule has 1 aliphatic rings. The summed E-state index contributed by atoms with van der Waals surface area (Å²) in [7, 11) is 3.19. The van der Waals surface area contributed by atoms with Crippen LogP contribution in [0, 0.1) is 17.1 Å². The number of nitrogens with zero attached hydrogens (tertiary/aromatic N) is 5. The third-order valence-electron chi connectivity index (χ3n) is 8.13. The standard InChI is InChI=1S/C35H33FN6O4/c1-44-27-12-11-25(30(18-27)45-2)20-39-33-32-31(28-13-10-24(19-37)17-29(28)36)40-34(42(32)16-14-38-33)26-9-6-15-41(21-26)35(43)46-22-23-7-4-3-5-8-23/h3-5,7-8,10-14,16-18,26H,6,9,15,20-22H2,1-2H3,(H,38,39)/t26-/m1/s1. The van der Waals surface area contributed by atoms with E-state index in [1.54, 1.807) is 49.7 Å². The minimum Gasteiger partial charge on any atom is -0.497 e. The summed E-state index contributed by atoms with van der Waals surface area (Å²) in [5.74, 6) is 1.79. The minimum absolute atomic E-state index is 0.141. The number of carbonyl (C=O) groups is 1. The number of nitriles is 1. The molecule has 0 bridgehead atoms. The number of aromatic nitrogens is 3. The SMILES string of the molecule is COc1ccc(CNc2nccn3c([C@@H]4CCCN(C(=O)OCc5ccccc5)C4)nc(-c4ccc(C#N)cc4F)c23)c(OC)c1. The lowest BCUT2D eigenvalue weighted by molar-refractivity contribution is 0.0853. The molecule has 0 spiro atoms.